The SMILES string of the molecule is CC(C)COC(=O)NC(C(=O)N1CC2(CC1C(=O)NC(CC1CC1)C(=O)C(=O)NCC(=O)NC(C(=O)OC(C)(C)C)c1ccccc1)SCCCS2)C1CCCCC1. The van der Waals surface area contributed by atoms with E-state index in [1.54, 1.807) is 79.5 Å². The fourth-order valence-electron chi connectivity index (χ4n) is 7.66. The number of benzene rings is 1. The van der Waals surface area contributed by atoms with Crippen molar-refractivity contribution in [2.24, 2.45) is 17.8 Å². The molecule has 5 amide bonds. The second kappa shape index (κ2) is 20.5. The van der Waals surface area contributed by atoms with Crippen LogP contribution in [0.5, 0.6) is 0 Å². The highest BCUT2D eigenvalue weighted by molar-refractivity contribution is 8.18. The number of thioether (sulfide) groups is 2. The molecule has 0 aromatic heterocycles. The Kier molecular flexibility index (Phi) is 16.0. The molecule has 4 atom stereocenters. The van der Waals surface area contributed by atoms with Gasteiger partial charge in [0, 0.05) is 13.0 Å². The van der Waals surface area contributed by atoms with Crippen LogP contribution < -0.4 is 21.3 Å². The standard InChI is InChI=1S/C42H61N5O9S2/c1-26(2)24-55-40(54)46-33(28-13-8-6-9-14-28)38(52)47-25-42(57-19-12-20-58-42)22-31(47)36(50)44-30(21-27-17-18-27)35(49)37(51)43-23-32(48)45-34(29-15-10-7-11-16-29)39(53)56-41(3,4)5/h7,10-11,15-16,26-28,30-31,33-34H,6,8-9,12-14,17-25H2,1-5H3,(H,43,51)(H,44,50)(H,45,48)(H,46,54). The minimum absolute atomic E-state index is 0.114. The lowest BCUT2D eigenvalue weighted by atomic mass is 9.83. The number of rotatable bonds is 16. The van der Waals surface area contributed by atoms with E-state index in [9.17, 15) is 33.6 Å². The van der Waals surface area contributed by atoms with E-state index >= 15 is 0 Å². The van der Waals surface area contributed by atoms with E-state index in [0.717, 1.165) is 62.9 Å². The van der Waals surface area contributed by atoms with Gasteiger partial charge in [0.05, 0.1) is 23.3 Å². The summed E-state index contributed by atoms with van der Waals surface area (Å²) >= 11 is 3.47. The average Bonchev–Trinajstić information content (AvgIpc) is 3.94. The third-order valence-corrected chi connectivity index (χ3v) is 14.1. The molecule has 2 aliphatic carbocycles. The van der Waals surface area contributed by atoms with E-state index in [1.807, 2.05) is 13.8 Å². The molecule has 2 aliphatic heterocycles. The molecule has 1 aromatic carbocycles. The Labute approximate surface area is 350 Å². The molecule has 0 bridgehead atoms. The number of alkyl carbamates (subject to hydrolysis) is 1. The molecule has 14 nitrogen and oxygen atoms in total. The van der Waals surface area contributed by atoms with Crippen LogP contribution in [0.3, 0.4) is 0 Å². The van der Waals surface area contributed by atoms with Crippen LogP contribution in [0.1, 0.15) is 110 Å². The summed E-state index contributed by atoms with van der Waals surface area (Å²) in [5.74, 6) is -2.32. The Morgan fingerprint density at radius 1 is 0.879 bits per heavy atom. The van der Waals surface area contributed by atoms with Gasteiger partial charge in [-0.1, -0.05) is 76.3 Å². The maximum absolute atomic E-state index is 14.7. The van der Waals surface area contributed by atoms with E-state index in [4.69, 9.17) is 9.47 Å². The van der Waals surface area contributed by atoms with Crippen molar-refractivity contribution in [3.8, 4) is 0 Å². The first-order valence-electron chi connectivity index (χ1n) is 20.8. The smallest absolute Gasteiger partial charge is 0.407 e. The number of carbonyl (C=O) groups is 7. The average molecular weight is 844 g/mol. The van der Waals surface area contributed by atoms with Gasteiger partial charge in [0.25, 0.3) is 5.91 Å². The molecule has 4 unspecified atom stereocenters. The van der Waals surface area contributed by atoms with Gasteiger partial charge in [-0.05, 0) is 81.3 Å². The first kappa shape index (κ1) is 45.3. The zero-order chi connectivity index (χ0) is 42.0. The predicted octanol–water partition coefficient (Wildman–Crippen LogP) is 4.65. The Morgan fingerprint density at radius 2 is 1.55 bits per heavy atom. The van der Waals surface area contributed by atoms with Crippen molar-refractivity contribution in [1.29, 1.82) is 0 Å². The first-order chi connectivity index (χ1) is 27.5. The van der Waals surface area contributed by atoms with Gasteiger partial charge >= 0.3 is 12.1 Å². The molecule has 1 spiro atoms. The van der Waals surface area contributed by atoms with Gasteiger partial charge in [-0.25, -0.2) is 9.59 Å². The van der Waals surface area contributed by atoms with Gasteiger partial charge in [0.1, 0.15) is 17.7 Å². The van der Waals surface area contributed by atoms with Gasteiger partial charge in [-0.15, -0.1) is 23.5 Å². The molecule has 16 heteroatoms. The minimum Gasteiger partial charge on any atom is -0.458 e. The molecule has 2 saturated heterocycles. The monoisotopic (exact) mass is 843 g/mol. The Balaban J connectivity index is 1.28. The Bertz CT molecular complexity index is 1640. The van der Waals surface area contributed by atoms with Crippen molar-refractivity contribution in [1.82, 2.24) is 26.2 Å². The van der Waals surface area contributed by atoms with E-state index < -0.39 is 76.0 Å². The minimum atomic E-state index is -1.18. The number of esters is 1. The molecule has 4 N–H and O–H groups in total. The summed E-state index contributed by atoms with van der Waals surface area (Å²) in [6.07, 6.45) is 7.08. The van der Waals surface area contributed by atoms with Crippen LogP contribution in [0.15, 0.2) is 30.3 Å². The lowest BCUT2D eigenvalue weighted by Gasteiger charge is -2.35. The topological polar surface area (TPSA) is 189 Å². The number of likely N-dealkylation sites (tertiary alicyclic amines) is 1. The molecule has 1 aromatic rings. The van der Waals surface area contributed by atoms with Crippen molar-refractivity contribution in [3.63, 3.8) is 0 Å². The molecule has 4 fully saturated rings. The van der Waals surface area contributed by atoms with E-state index in [1.165, 1.54) is 0 Å². The number of carbonyl (C=O) groups excluding carboxylic acids is 7. The van der Waals surface area contributed by atoms with Gasteiger partial charge in [0.2, 0.25) is 23.5 Å². The maximum Gasteiger partial charge on any atom is 0.407 e. The summed E-state index contributed by atoms with van der Waals surface area (Å²) in [6, 6.07) is 4.41. The highest BCUT2D eigenvalue weighted by Crippen LogP contribution is 2.51. The number of Topliss-reactive ketones (excluding diaryl/α,β-unsaturated/α-hetero) is 1. The Morgan fingerprint density at radius 3 is 2.17 bits per heavy atom. The zero-order valence-corrected chi connectivity index (χ0v) is 36.1. The summed E-state index contributed by atoms with van der Waals surface area (Å²) in [7, 11) is 0. The molecular weight excluding hydrogens is 783 g/mol. The predicted molar refractivity (Wildman–Crippen MR) is 223 cm³/mol. The third-order valence-electron chi connectivity index (χ3n) is 10.7. The molecule has 2 heterocycles. The van der Waals surface area contributed by atoms with E-state index in [-0.39, 0.29) is 36.7 Å². The fourth-order valence-corrected chi connectivity index (χ4v) is 11.0. The number of nitrogens with zero attached hydrogens (tertiary/aromatic N) is 1. The number of ether oxygens (including phenoxy) is 2. The third kappa shape index (κ3) is 13.1. The summed E-state index contributed by atoms with van der Waals surface area (Å²) in [5.41, 5.74) is -0.332. The second-order valence-corrected chi connectivity index (χ2v) is 20.6. The largest absolute Gasteiger partial charge is 0.458 e. The number of nitrogens with one attached hydrogen (secondary N) is 4. The highest BCUT2D eigenvalue weighted by Gasteiger charge is 2.53. The molecule has 320 valence electrons. The van der Waals surface area contributed by atoms with E-state index in [2.05, 4.69) is 21.3 Å². The lowest BCUT2D eigenvalue weighted by Crippen LogP contribution is -2.58. The zero-order valence-electron chi connectivity index (χ0n) is 34.5. The van der Waals surface area contributed by atoms with Crippen LogP contribution in [0.4, 0.5) is 4.79 Å². The second-order valence-electron chi connectivity index (χ2n) is 17.4. The molecule has 58 heavy (non-hydrogen) atoms. The summed E-state index contributed by atoms with van der Waals surface area (Å²) < 4.78 is 10.5. The lowest BCUT2D eigenvalue weighted by molar-refractivity contribution is -0.158. The summed E-state index contributed by atoms with van der Waals surface area (Å²) in [6.45, 7) is 8.91. The van der Waals surface area contributed by atoms with Crippen molar-refractivity contribution >= 4 is 65.0 Å². The van der Waals surface area contributed by atoms with Crippen LogP contribution in [0.25, 0.3) is 0 Å². The summed E-state index contributed by atoms with van der Waals surface area (Å²) in [5, 5.41) is 10.7. The van der Waals surface area contributed by atoms with Crippen LogP contribution in [0, 0.1) is 17.8 Å². The maximum atomic E-state index is 14.7. The van der Waals surface area contributed by atoms with Gasteiger partial charge < -0.3 is 35.6 Å². The van der Waals surface area contributed by atoms with Crippen LogP contribution in [-0.2, 0) is 38.2 Å². The van der Waals surface area contributed by atoms with Gasteiger partial charge in [-0.2, -0.15) is 0 Å². The highest BCUT2D eigenvalue weighted by atomic mass is 32.2. The molecular formula is C42H61N5O9S2. The number of ketones is 1. The van der Waals surface area contributed by atoms with Crippen LogP contribution >= 0.6 is 23.5 Å². The fraction of sp³-hybridized carbons (Fsp3) is 0.690. The van der Waals surface area contributed by atoms with E-state index in [0.29, 0.717) is 18.5 Å². The number of hydrogen-bond acceptors (Lipinski definition) is 11. The van der Waals surface area contributed by atoms with Crippen LogP contribution in [0.2, 0.25) is 0 Å². The first-order valence-corrected chi connectivity index (χ1v) is 22.7. The molecule has 4 aliphatic rings. The number of amides is 5. The van der Waals surface area contributed by atoms with Gasteiger partial charge in [-0.3, -0.25) is 24.0 Å². The van der Waals surface area contributed by atoms with Crippen molar-refractivity contribution in [3.05, 3.63) is 35.9 Å². The normalized spacial score (nSPS) is 21.0. The van der Waals surface area contributed by atoms with Crippen LogP contribution in [-0.4, -0.2) is 105 Å². The van der Waals surface area contributed by atoms with Gasteiger partial charge in [0.15, 0.2) is 6.04 Å². The van der Waals surface area contributed by atoms with Crippen molar-refractivity contribution < 1.29 is 43.0 Å². The molecule has 2 saturated carbocycles. The Hall–Kier alpha value is -3.79. The van der Waals surface area contributed by atoms with Crippen molar-refractivity contribution in [2.75, 3.05) is 31.2 Å². The quantitative estimate of drug-likeness (QED) is 0.134. The number of hydrogen-bond donors (Lipinski definition) is 4. The molecule has 5 rings (SSSR count). The molecule has 0 radical (unpaired) electrons. The summed E-state index contributed by atoms with van der Waals surface area (Å²) in [4.78, 5) is 96.9. The van der Waals surface area contributed by atoms with Crippen molar-refractivity contribution in [2.45, 2.75) is 133 Å².